The van der Waals surface area contributed by atoms with E-state index in [1.165, 1.54) is 6.20 Å². The standard InChI is InChI=1S/C20H18N2O4/c1-3-26-20(25)17(12-21-14-10-8-13(2)9-11-14)22-18(23)15-6-4-5-7-16(15)19(22)24/h4-12,21H,3H2,1-2H3. The first-order chi connectivity index (χ1) is 12.5. The monoisotopic (exact) mass is 350 g/mol. The number of benzene rings is 2. The highest BCUT2D eigenvalue weighted by Gasteiger charge is 2.40. The zero-order chi connectivity index (χ0) is 18.7. The third kappa shape index (κ3) is 3.21. The van der Waals surface area contributed by atoms with Crippen molar-refractivity contribution < 1.29 is 19.1 Å². The summed E-state index contributed by atoms with van der Waals surface area (Å²) >= 11 is 0. The van der Waals surface area contributed by atoms with E-state index in [2.05, 4.69) is 5.32 Å². The van der Waals surface area contributed by atoms with Crippen molar-refractivity contribution in [2.24, 2.45) is 0 Å². The van der Waals surface area contributed by atoms with Crippen LogP contribution in [-0.2, 0) is 9.53 Å². The molecule has 0 aromatic heterocycles. The molecule has 0 atom stereocenters. The predicted octanol–water partition coefficient (Wildman–Crippen LogP) is 3.11. The third-order valence-electron chi connectivity index (χ3n) is 3.95. The van der Waals surface area contributed by atoms with Gasteiger partial charge in [0.25, 0.3) is 11.8 Å². The molecule has 1 N–H and O–H groups in total. The molecule has 0 radical (unpaired) electrons. The summed E-state index contributed by atoms with van der Waals surface area (Å²) in [6.07, 6.45) is 1.32. The first-order valence-corrected chi connectivity index (χ1v) is 8.21. The summed E-state index contributed by atoms with van der Waals surface area (Å²) in [7, 11) is 0. The Labute approximate surface area is 151 Å². The Morgan fingerprint density at radius 3 is 2.15 bits per heavy atom. The first kappa shape index (κ1) is 17.4. The van der Waals surface area contributed by atoms with Crippen LogP contribution in [0.1, 0.15) is 33.2 Å². The molecule has 2 aromatic rings. The molecule has 2 aromatic carbocycles. The van der Waals surface area contributed by atoms with Crippen LogP contribution in [0.2, 0.25) is 0 Å². The van der Waals surface area contributed by atoms with Crippen LogP contribution in [0.5, 0.6) is 0 Å². The summed E-state index contributed by atoms with van der Waals surface area (Å²) in [5.74, 6) is -1.84. The zero-order valence-electron chi connectivity index (χ0n) is 14.5. The van der Waals surface area contributed by atoms with Crippen molar-refractivity contribution in [3.8, 4) is 0 Å². The van der Waals surface area contributed by atoms with Crippen LogP contribution < -0.4 is 5.32 Å². The Balaban J connectivity index is 1.95. The van der Waals surface area contributed by atoms with Crippen molar-refractivity contribution in [3.05, 3.63) is 77.1 Å². The predicted molar refractivity (Wildman–Crippen MR) is 96.5 cm³/mol. The number of nitrogens with zero attached hydrogens (tertiary/aromatic N) is 1. The number of fused-ring (bicyclic) bond motifs is 1. The second-order valence-corrected chi connectivity index (χ2v) is 5.75. The molecule has 132 valence electrons. The quantitative estimate of drug-likeness (QED) is 0.509. The van der Waals surface area contributed by atoms with Gasteiger partial charge in [-0.1, -0.05) is 29.8 Å². The summed E-state index contributed by atoms with van der Waals surface area (Å²) < 4.78 is 5.03. The van der Waals surface area contributed by atoms with Gasteiger partial charge in [0.05, 0.1) is 17.7 Å². The fraction of sp³-hybridized carbons (Fsp3) is 0.150. The van der Waals surface area contributed by atoms with Crippen LogP contribution in [0.4, 0.5) is 5.69 Å². The lowest BCUT2D eigenvalue weighted by Crippen LogP contribution is -2.34. The Morgan fingerprint density at radius 1 is 1.04 bits per heavy atom. The van der Waals surface area contributed by atoms with Gasteiger partial charge in [-0.2, -0.15) is 0 Å². The molecular formula is C20H18N2O4. The first-order valence-electron chi connectivity index (χ1n) is 8.21. The van der Waals surface area contributed by atoms with E-state index in [1.54, 1.807) is 31.2 Å². The number of rotatable bonds is 5. The van der Waals surface area contributed by atoms with Gasteiger partial charge in [-0.15, -0.1) is 0 Å². The molecular weight excluding hydrogens is 332 g/mol. The van der Waals surface area contributed by atoms with Gasteiger partial charge in [0.15, 0.2) is 5.70 Å². The molecule has 0 saturated carbocycles. The smallest absolute Gasteiger partial charge is 0.357 e. The van der Waals surface area contributed by atoms with E-state index in [0.29, 0.717) is 5.69 Å². The van der Waals surface area contributed by atoms with Gasteiger partial charge in [0.1, 0.15) is 0 Å². The molecule has 0 spiro atoms. The summed E-state index contributed by atoms with van der Waals surface area (Å²) in [5.41, 5.74) is 2.18. The summed E-state index contributed by atoms with van der Waals surface area (Å²) in [5, 5.41) is 2.95. The number of ether oxygens (including phenoxy) is 1. The van der Waals surface area contributed by atoms with Gasteiger partial charge in [-0.05, 0) is 38.1 Å². The minimum absolute atomic E-state index is 0.129. The van der Waals surface area contributed by atoms with E-state index in [0.717, 1.165) is 10.5 Å². The molecule has 0 unspecified atom stereocenters. The Kier molecular flexibility index (Phi) is 4.84. The maximum absolute atomic E-state index is 12.6. The Hall–Kier alpha value is -3.41. The topological polar surface area (TPSA) is 75.7 Å². The van der Waals surface area contributed by atoms with E-state index in [-0.39, 0.29) is 23.4 Å². The number of esters is 1. The van der Waals surface area contributed by atoms with Crippen molar-refractivity contribution in [1.29, 1.82) is 0 Å². The number of imide groups is 1. The van der Waals surface area contributed by atoms with Gasteiger partial charge in [-0.3, -0.25) is 9.59 Å². The summed E-state index contributed by atoms with van der Waals surface area (Å²) in [6, 6.07) is 13.9. The van der Waals surface area contributed by atoms with Crippen LogP contribution in [-0.4, -0.2) is 29.3 Å². The maximum atomic E-state index is 12.6. The third-order valence-corrected chi connectivity index (χ3v) is 3.95. The molecule has 0 aliphatic carbocycles. The molecule has 6 heteroatoms. The van der Waals surface area contributed by atoms with E-state index < -0.39 is 17.8 Å². The number of carbonyl (C=O) groups excluding carboxylic acids is 3. The number of hydrogen-bond acceptors (Lipinski definition) is 5. The lowest BCUT2D eigenvalue weighted by atomic mass is 10.1. The average molecular weight is 350 g/mol. The fourth-order valence-corrected chi connectivity index (χ4v) is 2.63. The average Bonchev–Trinajstić information content (AvgIpc) is 2.89. The highest BCUT2D eigenvalue weighted by molar-refractivity contribution is 6.24. The van der Waals surface area contributed by atoms with Crippen molar-refractivity contribution in [2.75, 3.05) is 11.9 Å². The second-order valence-electron chi connectivity index (χ2n) is 5.75. The maximum Gasteiger partial charge on any atom is 0.357 e. The normalized spacial score (nSPS) is 13.6. The van der Waals surface area contributed by atoms with Crippen molar-refractivity contribution in [2.45, 2.75) is 13.8 Å². The largest absolute Gasteiger partial charge is 0.461 e. The number of anilines is 1. The molecule has 0 saturated heterocycles. The molecule has 1 aliphatic heterocycles. The van der Waals surface area contributed by atoms with E-state index in [1.807, 2.05) is 31.2 Å². The Morgan fingerprint density at radius 2 is 1.62 bits per heavy atom. The molecule has 6 nitrogen and oxygen atoms in total. The molecule has 0 bridgehead atoms. The highest BCUT2D eigenvalue weighted by Crippen LogP contribution is 2.26. The van der Waals surface area contributed by atoms with Gasteiger partial charge in [0, 0.05) is 11.9 Å². The molecule has 0 fully saturated rings. The van der Waals surface area contributed by atoms with E-state index in [9.17, 15) is 14.4 Å². The lowest BCUT2D eigenvalue weighted by molar-refractivity contribution is -0.139. The molecule has 3 rings (SSSR count). The van der Waals surface area contributed by atoms with Crippen LogP contribution in [0, 0.1) is 6.92 Å². The molecule has 1 heterocycles. The lowest BCUT2D eigenvalue weighted by Gasteiger charge is -2.17. The van der Waals surface area contributed by atoms with Gasteiger partial charge < -0.3 is 10.1 Å². The van der Waals surface area contributed by atoms with Gasteiger partial charge in [0.2, 0.25) is 0 Å². The SMILES string of the molecule is CCOC(=O)C(=CNc1ccc(C)cc1)N1C(=O)c2ccccc2C1=O. The number of hydrogen-bond donors (Lipinski definition) is 1. The van der Waals surface area contributed by atoms with Crippen LogP contribution in [0.15, 0.2) is 60.4 Å². The molecule has 2 amide bonds. The van der Waals surface area contributed by atoms with E-state index in [4.69, 9.17) is 4.74 Å². The zero-order valence-corrected chi connectivity index (χ0v) is 14.5. The second kappa shape index (κ2) is 7.23. The molecule has 1 aliphatic rings. The van der Waals surface area contributed by atoms with Crippen molar-refractivity contribution in [3.63, 3.8) is 0 Å². The minimum Gasteiger partial charge on any atom is -0.461 e. The molecule has 26 heavy (non-hydrogen) atoms. The van der Waals surface area contributed by atoms with Crippen LogP contribution in [0.3, 0.4) is 0 Å². The van der Waals surface area contributed by atoms with Crippen LogP contribution >= 0.6 is 0 Å². The highest BCUT2D eigenvalue weighted by atomic mass is 16.5. The summed E-state index contributed by atoms with van der Waals surface area (Å²) in [6.45, 7) is 3.75. The van der Waals surface area contributed by atoms with E-state index >= 15 is 0 Å². The van der Waals surface area contributed by atoms with Crippen molar-refractivity contribution >= 4 is 23.5 Å². The minimum atomic E-state index is -0.749. The Bertz CT molecular complexity index is 865. The number of amides is 2. The van der Waals surface area contributed by atoms with Gasteiger partial charge >= 0.3 is 5.97 Å². The number of nitrogens with one attached hydrogen (secondary N) is 1. The van der Waals surface area contributed by atoms with Gasteiger partial charge in [-0.25, -0.2) is 9.69 Å². The fourth-order valence-electron chi connectivity index (χ4n) is 2.63. The van der Waals surface area contributed by atoms with Crippen molar-refractivity contribution in [1.82, 2.24) is 4.90 Å². The number of carbonyl (C=O) groups is 3. The van der Waals surface area contributed by atoms with Crippen LogP contribution in [0.25, 0.3) is 0 Å². The number of aryl methyl sites for hydroxylation is 1. The summed E-state index contributed by atoms with van der Waals surface area (Å²) in [4.78, 5) is 38.5.